The summed E-state index contributed by atoms with van der Waals surface area (Å²) in [6.45, 7) is 7.58. The molecule has 0 saturated carbocycles. The minimum Gasteiger partial charge on any atom is -0.316 e. The molecule has 1 aromatic rings. The molecule has 1 aromatic heterocycles. The molecule has 0 fully saturated rings. The smallest absolute Gasteiger partial charge is 0.215 e. The molecule has 0 aliphatic heterocycles. The van der Waals surface area contributed by atoms with Gasteiger partial charge in [-0.2, -0.15) is 4.31 Å². The van der Waals surface area contributed by atoms with Crippen LogP contribution in [-0.4, -0.2) is 37.6 Å². The molecule has 0 atom stereocenters. The third-order valence-corrected chi connectivity index (χ3v) is 5.46. The van der Waals surface area contributed by atoms with Crippen LogP contribution in [0, 0.1) is 0 Å². The van der Waals surface area contributed by atoms with E-state index in [1.54, 1.807) is 15.6 Å². The van der Waals surface area contributed by atoms with Crippen molar-refractivity contribution in [1.82, 2.24) is 9.62 Å². The monoisotopic (exact) mass is 290 g/mol. The highest BCUT2D eigenvalue weighted by molar-refractivity contribution is 7.89. The zero-order chi connectivity index (χ0) is 13.6. The molecular weight excluding hydrogens is 268 g/mol. The fourth-order valence-electron chi connectivity index (χ4n) is 1.65. The van der Waals surface area contributed by atoms with Gasteiger partial charge in [-0.05, 0) is 31.8 Å². The van der Waals surface area contributed by atoms with E-state index in [1.165, 1.54) is 0 Å². The Labute approximate surface area is 114 Å². The van der Waals surface area contributed by atoms with E-state index in [0.717, 1.165) is 11.4 Å². The molecule has 0 saturated heterocycles. The van der Waals surface area contributed by atoms with Crippen LogP contribution in [0.25, 0.3) is 0 Å². The standard InChI is InChI=1S/C12H22N2O2S2/c1-4-13-7-9-18(15,16)14(11(2)3)10-12-6-5-8-17-12/h5-6,8,11,13H,4,7,9-10H2,1-3H3. The van der Waals surface area contributed by atoms with Crippen LogP contribution >= 0.6 is 11.3 Å². The van der Waals surface area contributed by atoms with Gasteiger partial charge in [-0.25, -0.2) is 8.42 Å². The lowest BCUT2D eigenvalue weighted by atomic mass is 10.4. The van der Waals surface area contributed by atoms with E-state index in [0.29, 0.717) is 13.1 Å². The molecule has 0 aliphatic rings. The first kappa shape index (κ1) is 15.6. The van der Waals surface area contributed by atoms with Gasteiger partial charge in [0, 0.05) is 24.0 Å². The fourth-order valence-corrected chi connectivity index (χ4v) is 4.05. The Morgan fingerprint density at radius 2 is 2.17 bits per heavy atom. The molecule has 0 bridgehead atoms. The first-order valence-corrected chi connectivity index (χ1v) is 8.69. The predicted octanol–water partition coefficient (Wildman–Crippen LogP) is 1.90. The molecule has 0 radical (unpaired) electrons. The van der Waals surface area contributed by atoms with Crippen molar-refractivity contribution >= 4 is 21.4 Å². The Balaban J connectivity index is 2.71. The highest BCUT2D eigenvalue weighted by Crippen LogP contribution is 2.17. The van der Waals surface area contributed by atoms with Crippen LogP contribution in [-0.2, 0) is 16.6 Å². The van der Waals surface area contributed by atoms with Crippen LogP contribution in [0.15, 0.2) is 17.5 Å². The third-order valence-electron chi connectivity index (χ3n) is 2.61. The number of rotatable bonds is 8. The predicted molar refractivity (Wildman–Crippen MR) is 77.3 cm³/mol. The third kappa shape index (κ3) is 4.68. The zero-order valence-corrected chi connectivity index (χ0v) is 12.9. The topological polar surface area (TPSA) is 49.4 Å². The average Bonchev–Trinajstić information content (AvgIpc) is 2.78. The van der Waals surface area contributed by atoms with Crippen molar-refractivity contribution in [1.29, 1.82) is 0 Å². The van der Waals surface area contributed by atoms with Crippen molar-refractivity contribution in [3.8, 4) is 0 Å². The zero-order valence-electron chi connectivity index (χ0n) is 11.2. The van der Waals surface area contributed by atoms with Crippen LogP contribution in [0.1, 0.15) is 25.6 Å². The van der Waals surface area contributed by atoms with Crippen molar-refractivity contribution in [2.24, 2.45) is 0 Å². The quantitative estimate of drug-likeness (QED) is 0.744. The number of thiophene rings is 1. The first-order chi connectivity index (χ1) is 8.47. The molecule has 6 heteroatoms. The van der Waals surface area contributed by atoms with Crippen LogP contribution in [0.5, 0.6) is 0 Å². The van der Waals surface area contributed by atoms with Crippen molar-refractivity contribution in [2.45, 2.75) is 33.4 Å². The summed E-state index contributed by atoms with van der Waals surface area (Å²) in [5.41, 5.74) is 0. The van der Waals surface area contributed by atoms with Gasteiger partial charge in [-0.15, -0.1) is 11.3 Å². The van der Waals surface area contributed by atoms with Gasteiger partial charge < -0.3 is 5.32 Å². The Morgan fingerprint density at radius 1 is 1.44 bits per heavy atom. The number of nitrogens with one attached hydrogen (secondary N) is 1. The minimum absolute atomic E-state index is 0.0151. The summed E-state index contributed by atoms with van der Waals surface area (Å²) in [4.78, 5) is 1.08. The van der Waals surface area contributed by atoms with E-state index < -0.39 is 10.0 Å². The van der Waals surface area contributed by atoms with E-state index in [9.17, 15) is 8.42 Å². The molecule has 1 heterocycles. The molecule has 0 aromatic carbocycles. The minimum atomic E-state index is -3.19. The molecule has 0 amide bonds. The summed E-state index contributed by atoms with van der Waals surface area (Å²) in [6.07, 6.45) is 0. The first-order valence-electron chi connectivity index (χ1n) is 6.20. The normalized spacial score (nSPS) is 12.5. The van der Waals surface area contributed by atoms with Gasteiger partial charge >= 0.3 is 0 Å². The highest BCUT2D eigenvalue weighted by atomic mass is 32.2. The Kier molecular flexibility index (Phi) is 6.28. The lowest BCUT2D eigenvalue weighted by Gasteiger charge is -2.25. The molecule has 0 unspecified atom stereocenters. The molecule has 1 N–H and O–H groups in total. The molecule has 0 spiro atoms. The van der Waals surface area contributed by atoms with E-state index in [4.69, 9.17) is 0 Å². The second-order valence-corrected chi connectivity index (χ2v) is 7.46. The van der Waals surface area contributed by atoms with Gasteiger partial charge in [0.15, 0.2) is 0 Å². The summed E-state index contributed by atoms with van der Waals surface area (Å²) in [7, 11) is -3.19. The van der Waals surface area contributed by atoms with Crippen LogP contribution in [0.2, 0.25) is 0 Å². The van der Waals surface area contributed by atoms with E-state index in [2.05, 4.69) is 5.32 Å². The maximum absolute atomic E-state index is 12.3. The Bertz CT molecular complexity index is 427. The molecule has 18 heavy (non-hydrogen) atoms. The number of hydrogen-bond donors (Lipinski definition) is 1. The maximum atomic E-state index is 12.3. The summed E-state index contributed by atoms with van der Waals surface area (Å²) >= 11 is 1.59. The largest absolute Gasteiger partial charge is 0.316 e. The SMILES string of the molecule is CCNCCS(=O)(=O)N(Cc1cccs1)C(C)C. The fraction of sp³-hybridized carbons (Fsp3) is 0.667. The van der Waals surface area contributed by atoms with Crippen molar-refractivity contribution in [2.75, 3.05) is 18.8 Å². The molecule has 1 rings (SSSR count). The van der Waals surface area contributed by atoms with Crippen molar-refractivity contribution in [3.63, 3.8) is 0 Å². The number of sulfonamides is 1. The lowest BCUT2D eigenvalue weighted by Crippen LogP contribution is -2.40. The van der Waals surface area contributed by atoms with E-state index in [1.807, 2.05) is 38.3 Å². The molecule has 104 valence electrons. The molecular formula is C12H22N2O2S2. The van der Waals surface area contributed by atoms with Gasteiger partial charge in [-0.3, -0.25) is 0 Å². The molecule has 4 nitrogen and oxygen atoms in total. The number of hydrogen-bond acceptors (Lipinski definition) is 4. The van der Waals surface area contributed by atoms with E-state index in [-0.39, 0.29) is 11.8 Å². The van der Waals surface area contributed by atoms with Crippen LogP contribution < -0.4 is 5.32 Å². The van der Waals surface area contributed by atoms with Crippen LogP contribution in [0.4, 0.5) is 0 Å². The van der Waals surface area contributed by atoms with Gasteiger partial charge in [0.1, 0.15) is 0 Å². The summed E-state index contributed by atoms with van der Waals surface area (Å²) < 4.78 is 26.1. The van der Waals surface area contributed by atoms with Crippen molar-refractivity contribution < 1.29 is 8.42 Å². The van der Waals surface area contributed by atoms with E-state index >= 15 is 0 Å². The lowest BCUT2D eigenvalue weighted by molar-refractivity contribution is 0.350. The van der Waals surface area contributed by atoms with Gasteiger partial charge in [0.05, 0.1) is 5.75 Å². The molecule has 0 aliphatic carbocycles. The summed E-state index contributed by atoms with van der Waals surface area (Å²) in [6, 6.07) is 3.91. The second-order valence-electron chi connectivity index (χ2n) is 4.39. The van der Waals surface area contributed by atoms with Crippen molar-refractivity contribution in [3.05, 3.63) is 22.4 Å². The summed E-state index contributed by atoms with van der Waals surface area (Å²) in [5, 5.41) is 5.03. The average molecular weight is 290 g/mol. The number of nitrogens with zero attached hydrogens (tertiary/aromatic N) is 1. The summed E-state index contributed by atoms with van der Waals surface area (Å²) in [5.74, 6) is 0.157. The second kappa shape index (κ2) is 7.23. The van der Waals surface area contributed by atoms with Gasteiger partial charge in [0.25, 0.3) is 0 Å². The van der Waals surface area contributed by atoms with Gasteiger partial charge in [-0.1, -0.05) is 13.0 Å². The van der Waals surface area contributed by atoms with Crippen LogP contribution in [0.3, 0.4) is 0 Å². The Morgan fingerprint density at radius 3 is 2.67 bits per heavy atom. The Hall–Kier alpha value is -0.430. The maximum Gasteiger partial charge on any atom is 0.215 e. The highest BCUT2D eigenvalue weighted by Gasteiger charge is 2.24. The van der Waals surface area contributed by atoms with Gasteiger partial charge in [0.2, 0.25) is 10.0 Å².